The van der Waals surface area contributed by atoms with Gasteiger partial charge in [-0.1, -0.05) is 12.1 Å². The van der Waals surface area contributed by atoms with Crippen molar-refractivity contribution in [3.8, 4) is 0 Å². The summed E-state index contributed by atoms with van der Waals surface area (Å²) in [6, 6.07) is -0.258. The zero-order valence-electron chi connectivity index (χ0n) is 11.1. The number of hydrogen-bond donors (Lipinski definition) is 1. The molecule has 6 nitrogen and oxygen atoms in total. The van der Waals surface area contributed by atoms with Crippen LogP contribution in [-0.4, -0.2) is 45.4 Å². The van der Waals surface area contributed by atoms with Gasteiger partial charge in [0, 0.05) is 19.6 Å². The smallest absolute Gasteiger partial charge is 0.247 e. The first-order valence-electron chi connectivity index (χ1n) is 6.62. The van der Waals surface area contributed by atoms with E-state index < -0.39 is 0 Å². The Kier molecular flexibility index (Phi) is 4.30. The van der Waals surface area contributed by atoms with Crippen molar-refractivity contribution in [2.24, 2.45) is 0 Å². The molecule has 1 aliphatic rings. The first kappa shape index (κ1) is 13.0. The van der Waals surface area contributed by atoms with Gasteiger partial charge in [0.05, 0.1) is 11.9 Å². The maximum atomic E-state index is 12.2. The molecule has 100 valence electrons. The third kappa shape index (κ3) is 2.87. The Morgan fingerprint density at radius 3 is 2.89 bits per heavy atom. The minimum Gasteiger partial charge on any atom is -0.341 e. The Labute approximate surface area is 107 Å². The number of hydrogen-bond acceptors (Lipinski definition) is 4. The summed E-state index contributed by atoms with van der Waals surface area (Å²) >= 11 is 0. The van der Waals surface area contributed by atoms with Crippen LogP contribution in [0.1, 0.15) is 38.4 Å². The molecule has 1 N–H and O–H groups in total. The fraction of sp³-hybridized carbons (Fsp3) is 0.750. The molecule has 1 atom stereocenters. The number of likely N-dealkylation sites (tertiary alicyclic amines) is 1. The van der Waals surface area contributed by atoms with Gasteiger partial charge in [-0.25, -0.2) is 4.68 Å². The highest BCUT2D eigenvalue weighted by Crippen LogP contribution is 2.14. The Bertz CT molecular complexity index is 397. The van der Waals surface area contributed by atoms with Crippen LogP contribution in [0.5, 0.6) is 0 Å². The molecule has 6 heteroatoms. The first-order valence-corrected chi connectivity index (χ1v) is 6.62. The van der Waals surface area contributed by atoms with Gasteiger partial charge < -0.3 is 10.2 Å². The quantitative estimate of drug-likeness (QED) is 0.831. The van der Waals surface area contributed by atoms with E-state index in [9.17, 15) is 4.79 Å². The number of aromatic nitrogens is 3. The highest BCUT2D eigenvalue weighted by atomic mass is 16.2. The molecular weight excluding hydrogens is 230 g/mol. The van der Waals surface area contributed by atoms with Gasteiger partial charge in [0.1, 0.15) is 6.04 Å². The third-order valence-electron chi connectivity index (χ3n) is 3.29. The summed E-state index contributed by atoms with van der Waals surface area (Å²) in [5, 5.41) is 11.3. The lowest BCUT2D eigenvalue weighted by Crippen LogP contribution is -2.34. The van der Waals surface area contributed by atoms with Crippen LogP contribution in [-0.2, 0) is 11.3 Å². The van der Waals surface area contributed by atoms with E-state index in [1.54, 1.807) is 4.68 Å². The van der Waals surface area contributed by atoms with Crippen LogP contribution < -0.4 is 5.32 Å². The molecule has 0 saturated carbocycles. The molecule has 1 aliphatic heterocycles. The lowest BCUT2D eigenvalue weighted by atomic mass is 10.3. The highest BCUT2D eigenvalue weighted by Gasteiger charge is 2.25. The Hall–Kier alpha value is -1.43. The van der Waals surface area contributed by atoms with E-state index in [0.29, 0.717) is 6.54 Å². The highest BCUT2D eigenvalue weighted by molar-refractivity contribution is 5.80. The number of nitrogens with zero attached hydrogens (tertiary/aromatic N) is 4. The van der Waals surface area contributed by atoms with Crippen LogP contribution in [0.15, 0.2) is 6.20 Å². The van der Waals surface area contributed by atoms with Crippen molar-refractivity contribution in [3.63, 3.8) is 0 Å². The first-order chi connectivity index (χ1) is 8.72. The number of carbonyl (C=O) groups is 1. The minimum absolute atomic E-state index is 0.146. The van der Waals surface area contributed by atoms with E-state index in [-0.39, 0.29) is 11.9 Å². The molecule has 1 saturated heterocycles. The fourth-order valence-electron chi connectivity index (χ4n) is 2.15. The van der Waals surface area contributed by atoms with Gasteiger partial charge in [-0.2, -0.15) is 0 Å². The van der Waals surface area contributed by atoms with Gasteiger partial charge in [-0.15, -0.1) is 5.10 Å². The zero-order chi connectivity index (χ0) is 13.0. The fourth-order valence-corrected chi connectivity index (χ4v) is 2.15. The summed E-state index contributed by atoms with van der Waals surface area (Å²) < 4.78 is 1.66. The Morgan fingerprint density at radius 1 is 1.50 bits per heavy atom. The summed E-state index contributed by atoms with van der Waals surface area (Å²) in [5.41, 5.74) is 0.873. The van der Waals surface area contributed by atoms with Crippen molar-refractivity contribution in [1.82, 2.24) is 25.2 Å². The van der Waals surface area contributed by atoms with E-state index in [1.165, 1.54) is 0 Å². The molecule has 1 aromatic rings. The van der Waals surface area contributed by atoms with Crippen LogP contribution in [0.3, 0.4) is 0 Å². The minimum atomic E-state index is -0.258. The van der Waals surface area contributed by atoms with E-state index >= 15 is 0 Å². The third-order valence-corrected chi connectivity index (χ3v) is 3.29. The van der Waals surface area contributed by atoms with Crippen molar-refractivity contribution in [1.29, 1.82) is 0 Å². The second kappa shape index (κ2) is 5.95. The summed E-state index contributed by atoms with van der Waals surface area (Å²) in [7, 11) is 0. The van der Waals surface area contributed by atoms with Crippen LogP contribution in [0.25, 0.3) is 0 Å². The van der Waals surface area contributed by atoms with Crippen molar-refractivity contribution < 1.29 is 4.79 Å². The molecule has 0 bridgehead atoms. The molecular formula is C12H21N5O. The van der Waals surface area contributed by atoms with Crippen LogP contribution in [0.4, 0.5) is 0 Å². The SMILES string of the molecule is CCNCc1cn(C(C)C(=O)N2CCCC2)nn1. The van der Waals surface area contributed by atoms with Crippen LogP contribution in [0.2, 0.25) is 0 Å². The summed E-state index contributed by atoms with van der Waals surface area (Å²) in [6.45, 7) is 7.27. The topological polar surface area (TPSA) is 63.1 Å². The lowest BCUT2D eigenvalue weighted by Gasteiger charge is -2.19. The van der Waals surface area contributed by atoms with Gasteiger partial charge in [0.15, 0.2) is 0 Å². The standard InChI is InChI=1S/C12H21N5O/c1-3-13-8-11-9-17(15-14-11)10(2)12(18)16-6-4-5-7-16/h9-10,13H,3-8H2,1-2H3. The van der Waals surface area contributed by atoms with E-state index in [4.69, 9.17) is 0 Å². The van der Waals surface area contributed by atoms with Crippen molar-refractivity contribution in [2.45, 2.75) is 39.3 Å². The zero-order valence-corrected chi connectivity index (χ0v) is 11.1. The van der Waals surface area contributed by atoms with Crippen molar-refractivity contribution >= 4 is 5.91 Å². The molecule has 1 fully saturated rings. The van der Waals surface area contributed by atoms with E-state index in [0.717, 1.165) is 38.2 Å². The number of rotatable bonds is 5. The predicted molar refractivity (Wildman–Crippen MR) is 67.9 cm³/mol. The van der Waals surface area contributed by atoms with Crippen molar-refractivity contribution in [3.05, 3.63) is 11.9 Å². The Balaban J connectivity index is 1.97. The van der Waals surface area contributed by atoms with Gasteiger partial charge in [0.2, 0.25) is 5.91 Å². The van der Waals surface area contributed by atoms with Crippen molar-refractivity contribution in [2.75, 3.05) is 19.6 Å². The molecule has 2 rings (SSSR count). The lowest BCUT2D eigenvalue weighted by molar-refractivity contribution is -0.133. The van der Waals surface area contributed by atoms with E-state index in [2.05, 4.69) is 15.6 Å². The van der Waals surface area contributed by atoms with Gasteiger partial charge >= 0.3 is 0 Å². The molecule has 1 amide bonds. The predicted octanol–water partition coefficient (Wildman–Crippen LogP) is 0.571. The average molecular weight is 251 g/mol. The molecule has 0 aliphatic carbocycles. The van der Waals surface area contributed by atoms with Gasteiger partial charge in [-0.05, 0) is 26.3 Å². The van der Waals surface area contributed by atoms with Crippen LogP contribution >= 0.6 is 0 Å². The van der Waals surface area contributed by atoms with Gasteiger partial charge in [-0.3, -0.25) is 4.79 Å². The summed E-state index contributed by atoms with van der Waals surface area (Å²) in [6.07, 6.45) is 4.07. The maximum absolute atomic E-state index is 12.2. The molecule has 0 spiro atoms. The molecule has 0 aromatic carbocycles. The average Bonchev–Trinajstić information content (AvgIpc) is 3.05. The van der Waals surface area contributed by atoms with Gasteiger partial charge in [0.25, 0.3) is 0 Å². The molecule has 1 unspecified atom stereocenters. The second-order valence-electron chi connectivity index (χ2n) is 4.68. The summed E-state index contributed by atoms with van der Waals surface area (Å²) in [4.78, 5) is 14.1. The van der Waals surface area contributed by atoms with E-state index in [1.807, 2.05) is 24.9 Å². The molecule has 0 radical (unpaired) electrons. The Morgan fingerprint density at radius 2 is 2.22 bits per heavy atom. The largest absolute Gasteiger partial charge is 0.341 e. The molecule has 2 heterocycles. The second-order valence-corrected chi connectivity index (χ2v) is 4.68. The molecule has 18 heavy (non-hydrogen) atoms. The number of nitrogens with one attached hydrogen (secondary N) is 1. The summed E-state index contributed by atoms with van der Waals surface area (Å²) in [5.74, 6) is 0.146. The normalized spacial score (nSPS) is 17.1. The number of carbonyl (C=O) groups excluding carboxylic acids is 1. The maximum Gasteiger partial charge on any atom is 0.247 e. The van der Waals surface area contributed by atoms with Crippen LogP contribution in [0, 0.1) is 0 Å². The number of amides is 1. The molecule has 1 aromatic heterocycles. The monoisotopic (exact) mass is 251 g/mol.